The summed E-state index contributed by atoms with van der Waals surface area (Å²) in [6.45, 7) is 0.668. The standard InChI is InChI=1S/C16H16BrF2N/c17-13-10-16(15(19)11-14(13)18)20-9-5-4-8-12-6-2-1-3-7-12/h1-3,6-7,10-11,20H,4-5,8-9H2. The van der Waals surface area contributed by atoms with Crippen molar-refractivity contribution in [2.75, 3.05) is 11.9 Å². The van der Waals surface area contributed by atoms with Gasteiger partial charge in [0.05, 0.1) is 10.2 Å². The van der Waals surface area contributed by atoms with Gasteiger partial charge in [-0.2, -0.15) is 0 Å². The van der Waals surface area contributed by atoms with Crippen molar-refractivity contribution in [3.63, 3.8) is 0 Å². The molecule has 0 spiro atoms. The lowest BCUT2D eigenvalue weighted by Crippen LogP contribution is -2.04. The fraction of sp³-hybridized carbons (Fsp3) is 0.250. The van der Waals surface area contributed by atoms with Crippen LogP contribution in [0.4, 0.5) is 14.5 Å². The summed E-state index contributed by atoms with van der Waals surface area (Å²) in [5, 5.41) is 3.00. The van der Waals surface area contributed by atoms with E-state index in [4.69, 9.17) is 0 Å². The molecule has 4 heteroatoms. The van der Waals surface area contributed by atoms with E-state index in [9.17, 15) is 8.78 Å². The predicted molar refractivity (Wildman–Crippen MR) is 81.9 cm³/mol. The van der Waals surface area contributed by atoms with Gasteiger partial charge in [-0.05, 0) is 46.8 Å². The first-order valence-electron chi connectivity index (χ1n) is 6.59. The van der Waals surface area contributed by atoms with Gasteiger partial charge in [0.2, 0.25) is 0 Å². The molecule has 2 aromatic rings. The Morgan fingerprint density at radius 3 is 2.45 bits per heavy atom. The maximum absolute atomic E-state index is 13.5. The first-order chi connectivity index (χ1) is 9.66. The average Bonchev–Trinajstić information content (AvgIpc) is 2.45. The van der Waals surface area contributed by atoms with Crippen LogP contribution in [0.25, 0.3) is 0 Å². The highest BCUT2D eigenvalue weighted by Crippen LogP contribution is 2.23. The summed E-state index contributed by atoms with van der Waals surface area (Å²) in [5.74, 6) is -1.15. The van der Waals surface area contributed by atoms with Gasteiger partial charge >= 0.3 is 0 Å². The Morgan fingerprint density at radius 1 is 0.950 bits per heavy atom. The Kier molecular flexibility index (Phi) is 5.53. The largest absolute Gasteiger partial charge is 0.383 e. The van der Waals surface area contributed by atoms with Gasteiger partial charge in [0.1, 0.15) is 11.6 Å². The molecule has 106 valence electrons. The van der Waals surface area contributed by atoms with Gasteiger partial charge < -0.3 is 5.32 Å². The zero-order valence-corrected chi connectivity index (χ0v) is 12.6. The van der Waals surface area contributed by atoms with Crippen LogP contribution in [0.2, 0.25) is 0 Å². The Labute approximate surface area is 126 Å². The van der Waals surface area contributed by atoms with Gasteiger partial charge in [0, 0.05) is 12.6 Å². The van der Waals surface area contributed by atoms with E-state index < -0.39 is 11.6 Å². The topological polar surface area (TPSA) is 12.0 Å². The minimum Gasteiger partial charge on any atom is -0.383 e. The van der Waals surface area contributed by atoms with Crippen LogP contribution in [-0.4, -0.2) is 6.54 Å². The van der Waals surface area contributed by atoms with Crippen molar-refractivity contribution >= 4 is 21.6 Å². The van der Waals surface area contributed by atoms with Gasteiger partial charge in [0.25, 0.3) is 0 Å². The van der Waals surface area contributed by atoms with Crippen LogP contribution in [0.3, 0.4) is 0 Å². The third-order valence-corrected chi connectivity index (χ3v) is 3.67. The molecule has 0 aliphatic heterocycles. The first kappa shape index (κ1) is 15.0. The summed E-state index contributed by atoms with van der Waals surface area (Å²) in [5.41, 5.74) is 1.64. The highest BCUT2D eigenvalue weighted by molar-refractivity contribution is 9.10. The number of anilines is 1. The number of benzene rings is 2. The maximum Gasteiger partial charge on any atom is 0.149 e. The molecule has 2 rings (SSSR count). The van der Waals surface area contributed by atoms with Crippen LogP contribution in [-0.2, 0) is 6.42 Å². The summed E-state index contributed by atoms with van der Waals surface area (Å²) in [4.78, 5) is 0. The molecule has 0 atom stereocenters. The van der Waals surface area contributed by atoms with Crippen LogP contribution in [0.1, 0.15) is 18.4 Å². The summed E-state index contributed by atoms with van der Waals surface area (Å²) in [6.07, 6.45) is 2.97. The predicted octanol–water partition coefficient (Wildman–Crippen LogP) is 5.16. The Hall–Kier alpha value is -1.42. The summed E-state index contributed by atoms with van der Waals surface area (Å²) >= 11 is 3.05. The van der Waals surface area contributed by atoms with E-state index in [0.29, 0.717) is 12.2 Å². The number of nitrogens with one attached hydrogen (secondary N) is 1. The SMILES string of the molecule is Fc1cc(F)c(NCCCCc2ccccc2)cc1Br. The van der Waals surface area contributed by atoms with Gasteiger partial charge in [-0.1, -0.05) is 30.3 Å². The molecule has 0 amide bonds. The fourth-order valence-electron chi connectivity index (χ4n) is 1.98. The summed E-state index contributed by atoms with van der Waals surface area (Å²) in [7, 11) is 0. The first-order valence-corrected chi connectivity index (χ1v) is 7.38. The number of hydrogen-bond acceptors (Lipinski definition) is 1. The number of hydrogen-bond donors (Lipinski definition) is 1. The molecule has 20 heavy (non-hydrogen) atoms. The molecular weight excluding hydrogens is 324 g/mol. The van der Waals surface area contributed by atoms with Gasteiger partial charge in [-0.25, -0.2) is 8.78 Å². The Morgan fingerprint density at radius 2 is 1.70 bits per heavy atom. The lowest BCUT2D eigenvalue weighted by Gasteiger charge is -2.08. The van der Waals surface area contributed by atoms with E-state index in [1.165, 1.54) is 11.6 Å². The molecule has 0 aromatic heterocycles. The van der Waals surface area contributed by atoms with E-state index in [0.717, 1.165) is 25.3 Å². The Bertz CT molecular complexity index is 558. The second kappa shape index (κ2) is 7.39. The van der Waals surface area contributed by atoms with Crippen LogP contribution in [0, 0.1) is 11.6 Å². The molecule has 0 saturated carbocycles. The van der Waals surface area contributed by atoms with Gasteiger partial charge in [-0.15, -0.1) is 0 Å². The normalized spacial score (nSPS) is 10.6. The van der Waals surface area contributed by atoms with Crippen LogP contribution in [0.5, 0.6) is 0 Å². The van der Waals surface area contributed by atoms with E-state index in [1.54, 1.807) is 0 Å². The zero-order valence-electron chi connectivity index (χ0n) is 11.0. The third-order valence-electron chi connectivity index (χ3n) is 3.06. The molecule has 0 heterocycles. The quantitative estimate of drug-likeness (QED) is 0.566. The highest BCUT2D eigenvalue weighted by Gasteiger charge is 2.07. The fourth-order valence-corrected chi connectivity index (χ4v) is 2.32. The molecule has 1 N–H and O–H groups in total. The van der Waals surface area contributed by atoms with Crippen LogP contribution < -0.4 is 5.32 Å². The number of aryl methyl sites for hydroxylation is 1. The molecule has 2 aromatic carbocycles. The Balaban J connectivity index is 1.75. The van der Waals surface area contributed by atoms with E-state index in [1.807, 2.05) is 18.2 Å². The van der Waals surface area contributed by atoms with Crippen LogP contribution >= 0.6 is 15.9 Å². The number of halogens is 3. The van der Waals surface area contributed by atoms with Crippen molar-refractivity contribution < 1.29 is 8.78 Å². The molecule has 0 aliphatic carbocycles. The second-order valence-corrected chi connectivity index (χ2v) is 5.47. The van der Waals surface area contributed by atoms with Crippen LogP contribution in [0.15, 0.2) is 46.9 Å². The molecule has 0 aliphatic rings. The van der Waals surface area contributed by atoms with Crippen molar-refractivity contribution in [2.45, 2.75) is 19.3 Å². The maximum atomic E-state index is 13.5. The zero-order chi connectivity index (χ0) is 14.4. The highest BCUT2D eigenvalue weighted by atomic mass is 79.9. The molecule has 0 fully saturated rings. The van der Waals surface area contributed by atoms with E-state index >= 15 is 0 Å². The van der Waals surface area contributed by atoms with Crippen molar-refractivity contribution in [2.24, 2.45) is 0 Å². The number of rotatable bonds is 6. The van der Waals surface area contributed by atoms with Crippen molar-refractivity contribution in [3.05, 3.63) is 64.1 Å². The third kappa shape index (κ3) is 4.30. The number of unbranched alkanes of at least 4 members (excludes halogenated alkanes) is 1. The molecule has 0 bridgehead atoms. The van der Waals surface area contributed by atoms with Crippen molar-refractivity contribution in [1.82, 2.24) is 0 Å². The monoisotopic (exact) mass is 339 g/mol. The van der Waals surface area contributed by atoms with Gasteiger partial charge in [-0.3, -0.25) is 0 Å². The molecule has 1 nitrogen and oxygen atoms in total. The van der Waals surface area contributed by atoms with Gasteiger partial charge in [0.15, 0.2) is 0 Å². The summed E-state index contributed by atoms with van der Waals surface area (Å²) < 4.78 is 26.8. The summed E-state index contributed by atoms with van der Waals surface area (Å²) in [6, 6.07) is 12.6. The molecule has 0 unspecified atom stereocenters. The minimum atomic E-state index is -0.586. The van der Waals surface area contributed by atoms with E-state index in [-0.39, 0.29) is 4.47 Å². The molecule has 0 saturated heterocycles. The van der Waals surface area contributed by atoms with Crippen molar-refractivity contribution in [1.29, 1.82) is 0 Å². The second-order valence-electron chi connectivity index (χ2n) is 4.62. The van der Waals surface area contributed by atoms with E-state index in [2.05, 4.69) is 33.4 Å². The van der Waals surface area contributed by atoms with Crippen molar-refractivity contribution in [3.8, 4) is 0 Å². The average molecular weight is 340 g/mol. The molecular formula is C16H16BrF2N. The molecule has 0 radical (unpaired) electrons. The minimum absolute atomic E-state index is 0.269. The lowest BCUT2D eigenvalue weighted by atomic mass is 10.1. The lowest BCUT2D eigenvalue weighted by molar-refractivity contribution is 0.580. The smallest absolute Gasteiger partial charge is 0.149 e.